The summed E-state index contributed by atoms with van der Waals surface area (Å²) in [5.74, 6) is 1.73. The molecule has 0 unspecified atom stereocenters. The molecule has 0 atom stereocenters. The summed E-state index contributed by atoms with van der Waals surface area (Å²) in [6.45, 7) is 3.03. The van der Waals surface area contributed by atoms with Crippen molar-refractivity contribution >= 4 is 23.2 Å². The lowest BCUT2D eigenvalue weighted by Crippen LogP contribution is -2.39. The second kappa shape index (κ2) is 11.2. The Morgan fingerprint density at radius 3 is 2.62 bits per heavy atom. The number of rotatable bonds is 10. The van der Waals surface area contributed by atoms with Crippen LogP contribution in [0, 0.1) is 6.92 Å². The summed E-state index contributed by atoms with van der Waals surface area (Å²) in [5.41, 5.74) is 2.33. The van der Waals surface area contributed by atoms with Crippen LogP contribution < -0.4 is 24.4 Å². The number of hydrogen-bond acceptors (Lipinski definition) is 5. The molecule has 1 aliphatic heterocycles. The van der Waals surface area contributed by atoms with Gasteiger partial charge in [-0.2, -0.15) is 0 Å². The molecule has 0 aromatic heterocycles. The molecule has 0 bridgehead atoms. The Morgan fingerprint density at radius 2 is 1.79 bits per heavy atom. The van der Waals surface area contributed by atoms with Crippen molar-refractivity contribution < 1.29 is 23.8 Å². The van der Waals surface area contributed by atoms with Crippen LogP contribution in [0.5, 0.6) is 17.2 Å². The van der Waals surface area contributed by atoms with Gasteiger partial charge in [0.2, 0.25) is 0 Å². The SMILES string of the molecule is Cc1ccccc1OCCCCN1C(=O)COc2ccc(NC(=O)COc3ccccc3)cc21. The Labute approximate surface area is 199 Å². The zero-order chi connectivity index (χ0) is 23.8. The van der Waals surface area contributed by atoms with E-state index in [-0.39, 0.29) is 25.0 Å². The third-order valence-electron chi connectivity index (χ3n) is 5.43. The molecule has 3 aromatic rings. The van der Waals surface area contributed by atoms with Gasteiger partial charge in [-0.05, 0) is 61.7 Å². The molecule has 3 aromatic carbocycles. The molecule has 0 spiro atoms. The highest BCUT2D eigenvalue weighted by atomic mass is 16.5. The fraction of sp³-hybridized carbons (Fsp3) is 0.259. The summed E-state index contributed by atoms with van der Waals surface area (Å²) in [4.78, 5) is 26.6. The maximum atomic E-state index is 12.5. The molecule has 7 heteroatoms. The van der Waals surface area contributed by atoms with E-state index in [2.05, 4.69) is 5.32 Å². The van der Waals surface area contributed by atoms with Gasteiger partial charge in [0.25, 0.3) is 11.8 Å². The number of nitrogens with zero attached hydrogens (tertiary/aromatic N) is 1. The molecule has 34 heavy (non-hydrogen) atoms. The standard InChI is InChI=1S/C27H28N2O5/c1-20-9-5-6-12-24(20)32-16-8-7-15-29-23-17-21(13-14-25(23)34-19-27(29)31)28-26(30)18-33-22-10-3-2-4-11-22/h2-6,9-14,17H,7-8,15-16,18-19H2,1H3,(H,28,30). The lowest BCUT2D eigenvalue weighted by Gasteiger charge is -2.30. The van der Waals surface area contributed by atoms with E-state index in [0.29, 0.717) is 36.0 Å². The minimum Gasteiger partial charge on any atom is -0.493 e. The van der Waals surface area contributed by atoms with Crippen molar-refractivity contribution in [3.63, 3.8) is 0 Å². The van der Waals surface area contributed by atoms with Crippen molar-refractivity contribution in [2.45, 2.75) is 19.8 Å². The van der Waals surface area contributed by atoms with Crippen LogP contribution in [0.25, 0.3) is 0 Å². The highest BCUT2D eigenvalue weighted by Crippen LogP contribution is 2.34. The van der Waals surface area contributed by atoms with Gasteiger partial charge in [0.1, 0.15) is 17.2 Å². The third kappa shape index (κ3) is 6.07. The minimum absolute atomic E-state index is 0.00331. The molecule has 0 saturated heterocycles. The van der Waals surface area contributed by atoms with Crippen LogP contribution in [0.15, 0.2) is 72.8 Å². The summed E-state index contributed by atoms with van der Waals surface area (Å²) < 4.78 is 16.9. The van der Waals surface area contributed by atoms with Gasteiger partial charge in [0.15, 0.2) is 13.2 Å². The molecule has 0 aliphatic carbocycles. The van der Waals surface area contributed by atoms with E-state index in [4.69, 9.17) is 14.2 Å². The second-order valence-corrected chi connectivity index (χ2v) is 7.99. The summed E-state index contributed by atoms with van der Waals surface area (Å²) in [6.07, 6.45) is 1.58. The number of hydrogen-bond donors (Lipinski definition) is 1. The fourth-order valence-corrected chi connectivity index (χ4v) is 3.66. The van der Waals surface area contributed by atoms with E-state index in [1.165, 1.54) is 0 Å². The third-order valence-corrected chi connectivity index (χ3v) is 5.43. The zero-order valence-electron chi connectivity index (χ0n) is 19.2. The van der Waals surface area contributed by atoms with E-state index in [1.807, 2.05) is 49.4 Å². The van der Waals surface area contributed by atoms with Crippen molar-refractivity contribution in [3.05, 3.63) is 78.4 Å². The number of unbranched alkanes of at least 4 members (excludes halogenated alkanes) is 1. The van der Waals surface area contributed by atoms with Gasteiger partial charge in [0, 0.05) is 12.2 Å². The Balaban J connectivity index is 1.31. The maximum absolute atomic E-state index is 12.5. The Hall–Kier alpha value is -4.00. The van der Waals surface area contributed by atoms with Crippen LogP contribution in [0.4, 0.5) is 11.4 Å². The Kier molecular flexibility index (Phi) is 7.65. The number of nitrogens with one attached hydrogen (secondary N) is 1. The van der Waals surface area contributed by atoms with Gasteiger partial charge < -0.3 is 24.4 Å². The molecule has 0 fully saturated rings. The summed E-state index contributed by atoms with van der Waals surface area (Å²) in [5, 5.41) is 2.82. The first-order chi connectivity index (χ1) is 16.6. The molecular weight excluding hydrogens is 432 g/mol. The van der Waals surface area contributed by atoms with Gasteiger partial charge in [-0.1, -0.05) is 36.4 Å². The first-order valence-electron chi connectivity index (χ1n) is 11.3. The number of para-hydroxylation sites is 2. The number of benzene rings is 3. The lowest BCUT2D eigenvalue weighted by molar-refractivity contribution is -0.121. The highest BCUT2D eigenvalue weighted by Gasteiger charge is 2.25. The molecule has 1 N–H and O–H groups in total. The van der Waals surface area contributed by atoms with Crippen molar-refractivity contribution in [2.24, 2.45) is 0 Å². The van der Waals surface area contributed by atoms with E-state index in [0.717, 1.165) is 24.2 Å². The number of ether oxygens (including phenoxy) is 3. The average Bonchev–Trinajstić information content (AvgIpc) is 2.85. The monoisotopic (exact) mass is 460 g/mol. The summed E-state index contributed by atoms with van der Waals surface area (Å²) in [7, 11) is 0. The smallest absolute Gasteiger partial charge is 0.265 e. The van der Waals surface area contributed by atoms with Gasteiger partial charge >= 0.3 is 0 Å². The van der Waals surface area contributed by atoms with Crippen LogP contribution in [-0.2, 0) is 9.59 Å². The molecule has 1 aliphatic rings. The molecular formula is C27H28N2O5. The quantitative estimate of drug-likeness (QED) is 0.448. The van der Waals surface area contributed by atoms with Gasteiger partial charge in [-0.15, -0.1) is 0 Å². The summed E-state index contributed by atoms with van der Waals surface area (Å²) in [6, 6.07) is 22.3. The normalized spacial score (nSPS) is 12.5. The Bertz CT molecular complexity index is 1130. The average molecular weight is 461 g/mol. The van der Waals surface area contributed by atoms with Gasteiger partial charge in [0.05, 0.1) is 12.3 Å². The van der Waals surface area contributed by atoms with Crippen LogP contribution in [0.2, 0.25) is 0 Å². The predicted octanol–water partition coefficient (Wildman–Crippen LogP) is 4.60. The number of aryl methyl sites for hydroxylation is 1. The molecule has 4 rings (SSSR count). The maximum Gasteiger partial charge on any atom is 0.265 e. The lowest BCUT2D eigenvalue weighted by atomic mass is 10.2. The number of carbonyl (C=O) groups excluding carboxylic acids is 2. The number of amides is 2. The first kappa shape index (κ1) is 23.2. The molecule has 1 heterocycles. The highest BCUT2D eigenvalue weighted by molar-refractivity contribution is 5.99. The van der Waals surface area contributed by atoms with Crippen LogP contribution in [-0.4, -0.2) is 38.2 Å². The predicted molar refractivity (Wildman–Crippen MR) is 131 cm³/mol. The molecule has 2 amide bonds. The Morgan fingerprint density at radius 1 is 1.00 bits per heavy atom. The number of fused-ring (bicyclic) bond motifs is 1. The molecule has 176 valence electrons. The minimum atomic E-state index is -0.285. The number of anilines is 2. The van der Waals surface area contributed by atoms with E-state index in [1.54, 1.807) is 35.2 Å². The van der Waals surface area contributed by atoms with Crippen molar-refractivity contribution in [1.29, 1.82) is 0 Å². The largest absolute Gasteiger partial charge is 0.493 e. The van der Waals surface area contributed by atoms with E-state index in [9.17, 15) is 9.59 Å². The van der Waals surface area contributed by atoms with Crippen molar-refractivity contribution in [1.82, 2.24) is 0 Å². The van der Waals surface area contributed by atoms with Crippen molar-refractivity contribution in [3.8, 4) is 17.2 Å². The van der Waals surface area contributed by atoms with Crippen LogP contribution >= 0.6 is 0 Å². The fourth-order valence-electron chi connectivity index (χ4n) is 3.66. The van der Waals surface area contributed by atoms with Gasteiger partial charge in [-0.3, -0.25) is 9.59 Å². The van der Waals surface area contributed by atoms with Crippen molar-refractivity contribution in [2.75, 3.05) is 36.6 Å². The van der Waals surface area contributed by atoms with Gasteiger partial charge in [-0.25, -0.2) is 0 Å². The van der Waals surface area contributed by atoms with E-state index < -0.39 is 0 Å². The van der Waals surface area contributed by atoms with Crippen LogP contribution in [0.3, 0.4) is 0 Å². The molecule has 0 radical (unpaired) electrons. The van der Waals surface area contributed by atoms with E-state index >= 15 is 0 Å². The first-order valence-corrected chi connectivity index (χ1v) is 11.3. The molecule has 7 nitrogen and oxygen atoms in total. The second-order valence-electron chi connectivity index (χ2n) is 7.99. The molecule has 0 saturated carbocycles. The zero-order valence-corrected chi connectivity index (χ0v) is 19.2. The number of carbonyl (C=O) groups is 2. The summed E-state index contributed by atoms with van der Waals surface area (Å²) >= 11 is 0. The topological polar surface area (TPSA) is 77.1 Å². The van der Waals surface area contributed by atoms with Crippen LogP contribution in [0.1, 0.15) is 18.4 Å².